The lowest BCUT2D eigenvalue weighted by Crippen LogP contribution is -1.89. The minimum absolute atomic E-state index is 0.821. The highest BCUT2D eigenvalue weighted by Gasteiger charge is 2.11. The van der Waals surface area contributed by atoms with Gasteiger partial charge in [-0.05, 0) is 12.1 Å². The van der Waals surface area contributed by atoms with Crippen molar-refractivity contribution in [3.8, 4) is 22.5 Å². The molecular weight excluding hydrogens is 260 g/mol. The summed E-state index contributed by atoms with van der Waals surface area (Å²) in [6, 6.07) is 18.0. The number of fused-ring (bicyclic) bond motifs is 1. The molecule has 0 saturated heterocycles. The van der Waals surface area contributed by atoms with Crippen LogP contribution in [-0.2, 0) is 0 Å². The lowest BCUT2D eigenvalue weighted by Gasteiger charge is -2.04. The Bertz CT molecular complexity index is 897. The van der Waals surface area contributed by atoms with Crippen LogP contribution in [0.15, 0.2) is 67.0 Å². The van der Waals surface area contributed by atoms with E-state index in [1.165, 1.54) is 0 Å². The fraction of sp³-hybridized carbons (Fsp3) is 0. The first-order chi connectivity index (χ1) is 10.4. The van der Waals surface area contributed by atoms with Crippen molar-refractivity contribution in [3.63, 3.8) is 0 Å². The van der Waals surface area contributed by atoms with Crippen LogP contribution in [0.5, 0.6) is 0 Å². The molecule has 0 amide bonds. The molecule has 21 heavy (non-hydrogen) atoms. The van der Waals surface area contributed by atoms with Crippen LogP contribution in [-0.4, -0.2) is 20.2 Å². The molecule has 100 valence electrons. The van der Waals surface area contributed by atoms with Crippen LogP contribution in [0, 0.1) is 0 Å². The van der Waals surface area contributed by atoms with Crippen LogP contribution in [0.25, 0.3) is 33.5 Å². The van der Waals surface area contributed by atoms with Gasteiger partial charge in [0, 0.05) is 11.1 Å². The van der Waals surface area contributed by atoms with Gasteiger partial charge in [0.15, 0.2) is 0 Å². The van der Waals surface area contributed by atoms with Crippen molar-refractivity contribution in [2.45, 2.75) is 0 Å². The molecule has 2 aromatic carbocycles. The highest BCUT2D eigenvalue weighted by molar-refractivity contribution is 5.82. The lowest BCUT2D eigenvalue weighted by atomic mass is 10.1. The molecule has 0 bridgehead atoms. The number of benzene rings is 2. The average Bonchev–Trinajstić information content (AvgIpc) is 3.05. The molecule has 2 aromatic heterocycles. The maximum absolute atomic E-state index is 4.68. The summed E-state index contributed by atoms with van der Waals surface area (Å²) in [7, 11) is 0. The van der Waals surface area contributed by atoms with E-state index in [1.807, 2.05) is 54.6 Å². The van der Waals surface area contributed by atoms with Gasteiger partial charge in [-0.15, -0.1) is 0 Å². The summed E-state index contributed by atoms with van der Waals surface area (Å²) >= 11 is 0. The van der Waals surface area contributed by atoms with E-state index in [0.717, 1.165) is 33.5 Å². The zero-order valence-electron chi connectivity index (χ0n) is 11.2. The van der Waals surface area contributed by atoms with Crippen LogP contribution in [0.2, 0.25) is 0 Å². The number of hydrogen-bond donors (Lipinski definition) is 1. The highest BCUT2D eigenvalue weighted by Crippen LogP contribution is 2.29. The maximum atomic E-state index is 4.68. The summed E-state index contributed by atoms with van der Waals surface area (Å²) < 4.78 is 0. The van der Waals surface area contributed by atoms with Gasteiger partial charge in [-0.2, -0.15) is 5.10 Å². The van der Waals surface area contributed by atoms with Gasteiger partial charge < -0.3 is 0 Å². The third-order valence-corrected chi connectivity index (χ3v) is 3.43. The Morgan fingerprint density at radius 2 is 1.52 bits per heavy atom. The number of rotatable bonds is 2. The first kappa shape index (κ1) is 11.8. The summed E-state index contributed by atoms with van der Waals surface area (Å²) in [4.78, 5) is 9.15. The second-order valence-electron chi connectivity index (χ2n) is 4.77. The van der Waals surface area contributed by atoms with E-state index in [-0.39, 0.29) is 0 Å². The Labute approximate surface area is 121 Å². The second-order valence-corrected chi connectivity index (χ2v) is 4.77. The molecule has 0 spiro atoms. The molecule has 1 N–H and O–H groups in total. The minimum atomic E-state index is 0.821. The van der Waals surface area contributed by atoms with Crippen molar-refractivity contribution in [1.82, 2.24) is 20.2 Å². The molecule has 0 aliphatic rings. The molecule has 0 fully saturated rings. The second kappa shape index (κ2) is 4.83. The van der Waals surface area contributed by atoms with Gasteiger partial charge in [0.1, 0.15) is 0 Å². The van der Waals surface area contributed by atoms with Crippen molar-refractivity contribution in [2.24, 2.45) is 0 Å². The van der Waals surface area contributed by atoms with Gasteiger partial charge in [0.05, 0.1) is 34.8 Å². The Balaban J connectivity index is 1.88. The van der Waals surface area contributed by atoms with E-state index in [2.05, 4.69) is 20.2 Å². The first-order valence-corrected chi connectivity index (χ1v) is 6.73. The number of aromatic amines is 1. The van der Waals surface area contributed by atoms with E-state index in [9.17, 15) is 0 Å². The molecule has 4 nitrogen and oxygen atoms in total. The quantitative estimate of drug-likeness (QED) is 0.605. The summed E-state index contributed by atoms with van der Waals surface area (Å²) in [5.74, 6) is 0. The molecule has 4 rings (SSSR count). The summed E-state index contributed by atoms with van der Waals surface area (Å²) in [6.45, 7) is 0. The molecule has 0 unspecified atom stereocenters. The van der Waals surface area contributed by atoms with Crippen LogP contribution in [0.4, 0.5) is 0 Å². The van der Waals surface area contributed by atoms with E-state index >= 15 is 0 Å². The number of aromatic nitrogens is 4. The Hall–Kier alpha value is -3.01. The molecule has 4 aromatic rings. The lowest BCUT2D eigenvalue weighted by molar-refractivity contribution is 1.10. The van der Waals surface area contributed by atoms with Crippen molar-refractivity contribution in [2.75, 3.05) is 0 Å². The molecule has 2 heterocycles. The zero-order chi connectivity index (χ0) is 14.1. The standard InChI is InChI=1S/C17H12N4/c1-2-6-12(7-3-1)17-13(10-19-21-17)16-11-18-14-8-4-5-9-15(14)20-16/h1-11H,(H,19,21). The molecule has 0 aliphatic carbocycles. The molecular formula is C17H12N4. The highest BCUT2D eigenvalue weighted by atomic mass is 15.1. The zero-order valence-corrected chi connectivity index (χ0v) is 11.2. The number of nitrogens with one attached hydrogen (secondary N) is 1. The Morgan fingerprint density at radius 3 is 2.38 bits per heavy atom. The molecule has 0 radical (unpaired) electrons. The maximum Gasteiger partial charge on any atom is 0.0930 e. The number of H-pyrrole nitrogens is 1. The molecule has 0 atom stereocenters. The smallest absolute Gasteiger partial charge is 0.0930 e. The van der Waals surface area contributed by atoms with Crippen molar-refractivity contribution in [1.29, 1.82) is 0 Å². The fourth-order valence-corrected chi connectivity index (χ4v) is 2.39. The minimum Gasteiger partial charge on any atom is -0.277 e. The normalized spacial score (nSPS) is 10.9. The molecule has 0 aliphatic heterocycles. The van der Waals surface area contributed by atoms with Gasteiger partial charge >= 0.3 is 0 Å². The summed E-state index contributed by atoms with van der Waals surface area (Å²) in [6.07, 6.45) is 3.58. The SMILES string of the molecule is c1ccc(-c2[nH]ncc2-c2cnc3ccccc3n2)cc1. The first-order valence-electron chi connectivity index (χ1n) is 6.73. The summed E-state index contributed by atoms with van der Waals surface area (Å²) in [5, 5.41) is 7.21. The van der Waals surface area contributed by atoms with E-state index in [4.69, 9.17) is 0 Å². The summed E-state index contributed by atoms with van der Waals surface area (Å²) in [5.41, 5.74) is 5.60. The van der Waals surface area contributed by atoms with E-state index in [0.29, 0.717) is 0 Å². The number of para-hydroxylation sites is 2. The van der Waals surface area contributed by atoms with Crippen LogP contribution >= 0.6 is 0 Å². The van der Waals surface area contributed by atoms with Crippen LogP contribution in [0.3, 0.4) is 0 Å². The number of hydrogen-bond acceptors (Lipinski definition) is 3. The van der Waals surface area contributed by atoms with Gasteiger partial charge in [-0.3, -0.25) is 10.1 Å². The Kier molecular flexibility index (Phi) is 2.71. The fourth-order valence-electron chi connectivity index (χ4n) is 2.39. The predicted octanol–water partition coefficient (Wildman–Crippen LogP) is 3.69. The Morgan fingerprint density at radius 1 is 0.762 bits per heavy atom. The van der Waals surface area contributed by atoms with Crippen LogP contribution in [0.1, 0.15) is 0 Å². The average molecular weight is 272 g/mol. The predicted molar refractivity (Wildman–Crippen MR) is 82.6 cm³/mol. The van der Waals surface area contributed by atoms with Gasteiger partial charge in [0.25, 0.3) is 0 Å². The van der Waals surface area contributed by atoms with Crippen molar-refractivity contribution in [3.05, 3.63) is 67.0 Å². The van der Waals surface area contributed by atoms with Crippen LogP contribution < -0.4 is 0 Å². The molecule has 0 saturated carbocycles. The van der Waals surface area contributed by atoms with Crippen molar-refractivity contribution >= 4 is 11.0 Å². The largest absolute Gasteiger partial charge is 0.277 e. The van der Waals surface area contributed by atoms with Gasteiger partial charge in [-0.1, -0.05) is 42.5 Å². The third kappa shape index (κ3) is 2.07. The monoisotopic (exact) mass is 272 g/mol. The van der Waals surface area contributed by atoms with E-state index < -0.39 is 0 Å². The third-order valence-electron chi connectivity index (χ3n) is 3.43. The molecule has 4 heteroatoms. The van der Waals surface area contributed by atoms with E-state index in [1.54, 1.807) is 12.4 Å². The van der Waals surface area contributed by atoms with Crippen molar-refractivity contribution < 1.29 is 0 Å². The topological polar surface area (TPSA) is 54.5 Å². The number of nitrogens with zero attached hydrogens (tertiary/aromatic N) is 3. The van der Waals surface area contributed by atoms with Gasteiger partial charge in [-0.25, -0.2) is 4.98 Å². The van der Waals surface area contributed by atoms with Gasteiger partial charge in [0.2, 0.25) is 0 Å².